The molecule has 0 saturated heterocycles. The minimum atomic E-state index is 0.761. The SMILES string of the molecule is CCC1CCC(C(NC)C(C)CC)C1. The number of nitrogens with one attached hydrogen (secondary N) is 1. The van der Waals surface area contributed by atoms with Crippen LogP contribution in [0.2, 0.25) is 0 Å². The predicted molar refractivity (Wildman–Crippen MR) is 63.4 cm³/mol. The van der Waals surface area contributed by atoms with E-state index in [9.17, 15) is 0 Å². The Kier molecular flexibility index (Phi) is 4.94. The number of hydrogen-bond donors (Lipinski definition) is 1. The van der Waals surface area contributed by atoms with Gasteiger partial charge in [0.15, 0.2) is 0 Å². The molecule has 14 heavy (non-hydrogen) atoms. The van der Waals surface area contributed by atoms with Crippen LogP contribution in [0.3, 0.4) is 0 Å². The molecule has 1 heteroatoms. The fraction of sp³-hybridized carbons (Fsp3) is 1.00. The molecular formula is C13H27N. The zero-order chi connectivity index (χ0) is 10.6. The first-order valence-corrected chi connectivity index (χ1v) is 6.40. The third-order valence-electron chi connectivity index (χ3n) is 4.26. The highest BCUT2D eigenvalue weighted by molar-refractivity contribution is 4.86. The molecule has 4 atom stereocenters. The Bertz CT molecular complexity index is 155. The summed E-state index contributed by atoms with van der Waals surface area (Å²) < 4.78 is 0. The lowest BCUT2D eigenvalue weighted by atomic mass is 9.86. The second kappa shape index (κ2) is 5.75. The van der Waals surface area contributed by atoms with Crippen molar-refractivity contribution in [2.75, 3.05) is 7.05 Å². The summed E-state index contributed by atoms with van der Waals surface area (Å²) in [6.45, 7) is 7.03. The van der Waals surface area contributed by atoms with Crippen LogP contribution in [0.25, 0.3) is 0 Å². The quantitative estimate of drug-likeness (QED) is 0.712. The second-order valence-corrected chi connectivity index (χ2v) is 5.05. The molecule has 1 N–H and O–H groups in total. The fourth-order valence-corrected chi connectivity index (χ4v) is 3.05. The maximum absolute atomic E-state index is 3.54. The van der Waals surface area contributed by atoms with E-state index in [2.05, 4.69) is 33.1 Å². The molecule has 0 spiro atoms. The molecule has 0 aromatic heterocycles. The summed E-state index contributed by atoms with van der Waals surface area (Å²) >= 11 is 0. The van der Waals surface area contributed by atoms with Crippen LogP contribution in [0.5, 0.6) is 0 Å². The van der Waals surface area contributed by atoms with E-state index in [-0.39, 0.29) is 0 Å². The van der Waals surface area contributed by atoms with Crippen molar-refractivity contribution >= 4 is 0 Å². The third-order valence-corrected chi connectivity index (χ3v) is 4.26. The van der Waals surface area contributed by atoms with Crippen LogP contribution in [0.1, 0.15) is 52.9 Å². The molecule has 1 aliphatic carbocycles. The van der Waals surface area contributed by atoms with Gasteiger partial charge in [0.25, 0.3) is 0 Å². The molecule has 0 amide bonds. The summed E-state index contributed by atoms with van der Waals surface area (Å²) in [7, 11) is 2.14. The topological polar surface area (TPSA) is 12.0 Å². The van der Waals surface area contributed by atoms with Gasteiger partial charge in [-0.15, -0.1) is 0 Å². The molecule has 0 heterocycles. The normalized spacial score (nSPS) is 31.7. The van der Waals surface area contributed by atoms with Crippen molar-refractivity contribution in [1.82, 2.24) is 5.32 Å². The van der Waals surface area contributed by atoms with E-state index in [1.807, 2.05) is 0 Å². The van der Waals surface area contributed by atoms with Crippen molar-refractivity contribution in [2.45, 2.75) is 58.9 Å². The van der Waals surface area contributed by atoms with Crippen molar-refractivity contribution in [2.24, 2.45) is 17.8 Å². The summed E-state index contributed by atoms with van der Waals surface area (Å²) in [5.74, 6) is 2.79. The van der Waals surface area contributed by atoms with E-state index < -0.39 is 0 Å². The Morgan fingerprint density at radius 1 is 1.29 bits per heavy atom. The Morgan fingerprint density at radius 3 is 2.43 bits per heavy atom. The Labute approximate surface area is 89.7 Å². The number of hydrogen-bond acceptors (Lipinski definition) is 1. The number of rotatable bonds is 5. The van der Waals surface area contributed by atoms with Crippen LogP contribution in [0.4, 0.5) is 0 Å². The maximum atomic E-state index is 3.54. The molecule has 1 aliphatic rings. The largest absolute Gasteiger partial charge is 0.316 e. The van der Waals surface area contributed by atoms with Crippen LogP contribution in [0.15, 0.2) is 0 Å². The molecule has 0 aliphatic heterocycles. The molecule has 0 bridgehead atoms. The first kappa shape index (κ1) is 12.0. The van der Waals surface area contributed by atoms with Crippen LogP contribution in [0, 0.1) is 17.8 Å². The molecular weight excluding hydrogens is 170 g/mol. The van der Waals surface area contributed by atoms with Crippen LogP contribution < -0.4 is 5.32 Å². The first-order chi connectivity index (χ1) is 6.72. The molecule has 1 saturated carbocycles. The first-order valence-electron chi connectivity index (χ1n) is 6.40. The van der Waals surface area contributed by atoms with Crippen LogP contribution in [-0.2, 0) is 0 Å². The second-order valence-electron chi connectivity index (χ2n) is 5.05. The predicted octanol–water partition coefficient (Wildman–Crippen LogP) is 3.45. The molecule has 1 rings (SSSR count). The van der Waals surface area contributed by atoms with Crippen molar-refractivity contribution in [3.63, 3.8) is 0 Å². The van der Waals surface area contributed by atoms with Gasteiger partial charge in [-0.1, -0.05) is 40.0 Å². The molecule has 4 unspecified atom stereocenters. The van der Waals surface area contributed by atoms with Crippen molar-refractivity contribution in [3.8, 4) is 0 Å². The zero-order valence-electron chi connectivity index (χ0n) is 10.3. The summed E-state index contributed by atoms with van der Waals surface area (Å²) in [6, 6.07) is 0.761. The Hall–Kier alpha value is -0.0400. The Balaban J connectivity index is 2.46. The molecule has 0 aromatic rings. The van der Waals surface area contributed by atoms with Gasteiger partial charge in [0.2, 0.25) is 0 Å². The Morgan fingerprint density at radius 2 is 2.00 bits per heavy atom. The monoisotopic (exact) mass is 197 g/mol. The van der Waals surface area contributed by atoms with Gasteiger partial charge >= 0.3 is 0 Å². The zero-order valence-corrected chi connectivity index (χ0v) is 10.3. The van der Waals surface area contributed by atoms with Gasteiger partial charge < -0.3 is 5.32 Å². The van der Waals surface area contributed by atoms with E-state index in [0.717, 1.165) is 23.8 Å². The molecule has 84 valence electrons. The van der Waals surface area contributed by atoms with Gasteiger partial charge in [-0.2, -0.15) is 0 Å². The van der Waals surface area contributed by atoms with Crippen LogP contribution in [-0.4, -0.2) is 13.1 Å². The smallest absolute Gasteiger partial charge is 0.0118 e. The van der Waals surface area contributed by atoms with Crippen molar-refractivity contribution < 1.29 is 0 Å². The summed E-state index contributed by atoms with van der Waals surface area (Å²) in [6.07, 6.45) is 7.07. The van der Waals surface area contributed by atoms with E-state index in [0.29, 0.717) is 0 Å². The molecule has 1 fully saturated rings. The van der Waals surface area contributed by atoms with Gasteiger partial charge in [0.1, 0.15) is 0 Å². The molecule has 0 aromatic carbocycles. The average Bonchev–Trinajstić information content (AvgIpc) is 2.67. The lowest BCUT2D eigenvalue weighted by molar-refractivity contribution is 0.274. The van der Waals surface area contributed by atoms with Gasteiger partial charge in [-0.3, -0.25) is 0 Å². The van der Waals surface area contributed by atoms with Gasteiger partial charge in [-0.05, 0) is 37.6 Å². The summed E-state index contributed by atoms with van der Waals surface area (Å²) in [4.78, 5) is 0. The van der Waals surface area contributed by atoms with E-state index in [1.54, 1.807) is 0 Å². The summed E-state index contributed by atoms with van der Waals surface area (Å²) in [5, 5.41) is 3.54. The van der Waals surface area contributed by atoms with E-state index in [4.69, 9.17) is 0 Å². The lowest BCUT2D eigenvalue weighted by Gasteiger charge is -2.28. The maximum Gasteiger partial charge on any atom is 0.0118 e. The minimum absolute atomic E-state index is 0.761. The highest BCUT2D eigenvalue weighted by atomic mass is 14.9. The molecule has 0 radical (unpaired) electrons. The van der Waals surface area contributed by atoms with Gasteiger partial charge in [0.05, 0.1) is 0 Å². The summed E-state index contributed by atoms with van der Waals surface area (Å²) in [5.41, 5.74) is 0. The lowest BCUT2D eigenvalue weighted by Crippen LogP contribution is -2.38. The van der Waals surface area contributed by atoms with Crippen LogP contribution >= 0.6 is 0 Å². The average molecular weight is 197 g/mol. The van der Waals surface area contributed by atoms with Gasteiger partial charge in [0, 0.05) is 6.04 Å². The fourth-order valence-electron chi connectivity index (χ4n) is 3.05. The highest BCUT2D eigenvalue weighted by Crippen LogP contribution is 2.37. The van der Waals surface area contributed by atoms with Crippen molar-refractivity contribution in [3.05, 3.63) is 0 Å². The highest BCUT2D eigenvalue weighted by Gasteiger charge is 2.31. The standard InChI is InChI=1S/C13H27N/c1-5-10(3)13(14-4)12-8-7-11(6-2)9-12/h10-14H,5-9H2,1-4H3. The third kappa shape index (κ3) is 2.73. The van der Waals surface area contributed by atoms with Gasteiger partial charge in [-0.25, -0.2) is 0 Å². The minimum Gasteiger partial charge on any atom is -0.316 e. The van der Waals surface area contributed by atoms with E-state index >= 15 is 0 Å². The van der Waals surface area contributed by atoms with E-state index in [1.165, 1.54) is 32.1 Å². The molecule has 1 nitrogen and oxygen atoms in total. The van der Waals surface area contributed by atoms with Crippen molar-refractivity contribution in [1.29, 1.82) is 0 Å².